The first kappa shape index (κ1) is 24.6. The fraction of sp³-hybridized carbons (Fsp3) is 0.0769. The lowest BCUT2D eigenvalue weighted by Crippen LogP contribution is -2.07. The van der Waals surface area contributed by atoms with Gasteiger partial charge in [0.2, 0.25) is 10.2 Å². The van der Waals surface area contributed by atoms with Crippen molar-refractivity contribution in [3.63, 3.8) is 0 Å². The lowest BCUT2D eigenvalue weighted by Gasteiger charge is -2.15. The lowest BCUT2D eigenvalue weighted by molar-refractivity contribution is -0.137. The molecule has 0 spiro atoms. The van der Waals surface area contributed by atoms with Crippen LogP contribution in [0.2, 0.25) is 0 Å². The summed E-state index contributed by atoms with van der Waals surface area (Å²) in [6.07, 6.45) is -3.33. The predicted molar refractivity (Wildman–Crippen MR) is 129 cm³/mol. The zero-order valence-corrected chi connectivity index (χ0v) is 19.2. The van der Waals surface area contributed by atoms with Crippen LogP contribution in [0.4, 0.5) is 13.2 Å². The van der Waals surface area contributed by atoms with Crippen molar-refractivity contribution in [1.82, 2.24) is 0 Å². The van der Waals surface area contributed by atoms with E-state index in [1.807, 2.05) is 12.1 Å². The third-order valence-corrected chi connectivity index (χ3v) is 6.52. The highest BCUT2D eigenvalue weighted by molar-refractivity contribution is 8.14. The Hall–Kier alpha value is -3.03. The molecule has 0 aliphatic rings. The van der Waals surface area contributed by atoms with E-state index < -0.39 is 11.7 Å². The van der Waals surface area contributed by atoms with Crippen LogP contribution in [-0.2, 0) is 15.8 Å². The molecule has 0 radical (unpaired) electrons. The molecule has 33 heavy (non-hydrogen) atoms. The summed E-state index contributed by atoms with van der Waals surface area (Å²) in [5, 5.41) is -0.528. The average Bonchev–Trinajstić information content (AvgIpc) is 2.79. The largest absolute Gasteiger partial charge is 0.417 e. The van der Waals surface area contributed by atoms with Gasteiger partial charge in [0.25, 0.3) is 0 Å². The normalized spacial score (nSPS) is 11.2. The first-order chi connectivity index (χ1) is 15.6. The minimum absolute atomic E-state index is 0.0378. The molecule has 168 valence electrons. The Morgan fingerprint density at radius 3 is 1.85 bits per heavy atom. The number of carbonyl (C=O) groups excluding carboxylic acids is 2. The van der Waals surface area contributed by atoms with Crippen LogP contribution < -0.4 is 0 Å². The summed E-state index contributed by atoms with van der Waals surface area (Å²) >= 11 is 1.79. The molecule has 2 nitrogen and oxygen atoms in total. The van der Waals surface area contributed by atoms with Crippen LogP contribution in [0.15, 0.2) is 101 Å². The molecule has 7 heteroatoms. The van der Waals surface area contributed by atoms with Crippen molar-refractivity contribution in [3.8, 4) is 22.3 Å². The first-order valence-electron chi connectivity index (χ1n) is 9.72. The molecule has 0 atom stereocenters. The Balaban J connectivity index is 1.89. The van der Waals surface area contributed by atoms with Crippen molar-refractivity contribution >= 4 is 33.8 Å². The van der Waals surface area contributed by atoms with Crippen molar-refractivity contribution in [2.75, 3.05) is 0 Å². The van der Waals surface area contributed by atoms with Gasteiger partial charge in [-0.15, -0.1) is 0 Å². The maximum Gasteiger partial charge on any atom is 0.417 e. The fourth-order valence-corrected chi connectivity index (χ4v) is 4.27. The maximum atomic E-state index is 13.8. The molecule has 0 saturated heterocycles. The van der Waals surface area contributed by atoms with Crippen LogP contribution in [0.25, 0.3) is 22.3 Å². The second-order valence-corrected chi connectivity index (χ2v) is 9.23. The minimum Gasteiger partial charge on any atom is -0.282 e. The van der Waals surface area contributed by atoms with E-state index >= 15 is 0 Å². The van der Waals surface area contributed by atoms with E-state index in [0.717, 1.165) is 45.6 Å². The van der Waals surface area contributed by atoms with E-state index in [4.69, 9.17) is 0 Å². The number of hydrogen-bond donors (Lipinski definition) is 0. The zero-order valence-electron chi connectivity index (χ0n) is 17.6. The molecule has 0 heterocycles. The second-order valence-electron chi connectivity index (χ2n) is 7.10. The summed E-state index contributed by atoms with van der Waals surface area (Å²) in [5.74, 6) is 0. The van der Waals surface area contributed by atoms with Crippen molar-refractivity contribution in [2.45, 2.75) is 22.9 Å². The predicted octanol–water partition coefficient (Wildman–Crippen LogP) is 8.04. The van der Waals surface area contributed by atoms with Crippen LogP contribution >= 0.6 is 23.5 Å². The van der Waals surface area contributed by atoms with Gasteiger partial charge in [0, 0.05) is 9.79 Å². The smallest absolute Gasteiger partial charge is 0.282 e. The van der Waals surface area contributed by atoms with E-state index in [9.17, 15) is 22.8 Å². The topological polar surface area (TPSA) is 34.1 Å². The molecular weight excluding hydrogens is 465 g/mol. The van der Waals surface area contributed by atoms with Gasteiger partial charge in [0.05, 0.1) is 5.56 Å². The number of halogens is 3. The molecule has 0 aliphatic heterocycles. The third-order valence-electron chi connectivity index (χ3n) is 4.62. The molecule has 0 bridgehead atoms. The van der Waals surface area contributed by atoms with Crippen molar-refractivity contribution < 1.29 is 22.8 Å². The second kappa shape index (κ2) is 10.3. The molecule has 0 aliphatic carbocycles. The van der Waals surface area contributed by atoms with E-state index in [1.165, 1.54) is 25.1 Å². The fourth-order valence-electron chi connectivity index (χ4n) is 2.98. The Kier molecular flexibility index (Phi) is 7.66. The summed E-state index contributed by atoms with van der Waals surface area (Å²) in [7, 11) is 0. The highest BCUT2D eigenvalue weighted by Crippen LogP contribution is 2.40. The lowest BCUT2D eigenvalue weighted by atomic mass is 9.97. The molecule has 3 aromatic rings. The molecule has 0 unspecified atom stereocenters. The van der Waals surface area contributed by atoms with Crippen LogP contribution in [0.5, 0.6) is 0 Å². The van der Waals surface area contributed by atoms with Crippen LogP contribution in [-0.4, -0.2) is 10.2 Å². The van der Waals surface area contributed by atoms with Gasteiger partial charge in [-0.05, 0) is 88.6 Å². The third kappa shape index (κ3) is 6.27. The number of rotatable bonds is 6. The maximum absolute atomic E-state index is 13.8. The van der Waals surface area contributed by atoms with Gasteiger partial charge < -0.3 is 0 Å². The van der Waals surface area contributed by atoms with Crippen molar-refractivity contribution in [2.24, 2.45) is 0 Å². The average molecular weight is 485 g/mol. The Bertz CT molecular complexity index is 1210. The summed E-state index contributed by atoms with van der Waals surface area (Å²) in [4.78, 5) is 24.3. The summed E-state index contributed by atoms with van der Waals surface area (Å²) in [5.41, 5.74) is 1.62. The monoisotopic (exact) mass is 484 g/mol. The van der Waals surface area contributed by atoms with Crippen LogP contribution in [0, 0.1) is 0 Å². The molecule has 3 rings (SSSR count). The SMILES string of the molecule is C=CC(=O)Sc1ccc(-c2ccc(-c3ccc(SC(=O)C(=C)C)cc3C(F)(F)F)cc2)cc1. The van der Waals surface area contributed by atoms with Gasteiger partial charge in [-0.3, -0.25) is 9.59 Å². The van der Waals surface area contributed by atoms with Crippen LogP contribution in [0.3, 0.4) is 0 Å². The molecule has 0 saturated carbocycles. The number of benzene rings is 3. The Labute approximate surface area is 198 Å². The van der Waals surface area contributed by atoms with Gasteiger partial charge in [-0.1, -0.05) is 55.6 Å². The van der Waals surface area contributed by atoms with Gasteiger partial charge >= 0.3 is 6.18 Å². The molecule has 3 aromatic carbocycles. The first-order valence-corrected chi connectivity index (χ1v) is 11.4. The highest BCUT2D eigenvalue weighted by atomic mass is 32.2. The van der Waals surface area contributed by atoms with Crippen molar-refractivity contribution in [1.29, 1.82) is 0 Å². The summed E-state index contributed by atoms with van der Waals surface area (Å²) in [6, 6.07) is 18.0. The van der Waals surface area contributed by atoms with E-state index in [-0.39, 0.29) is 26.3 Å². The molecule has 0 amide bonds. The van der Waals surface area contributed by atoms with Gasteiger partial charge in [0.15, 0.2) is 0 Å². The summed E-state index contributed by atoms with van der Waals surface area (Å²) < 4.78 is 41.3. The minimum atomic E-state index is -4.58. The van der Waals surface area contributed by atoms with Gasteiger partial charge in [0.1, 0.15) is 0 Å². The molecule has 0 fully saturated rings. The van der Waals surface area contributed by atoms with E-state index in [0.29, 0.717) is 5.56 Å². The standard InChI is InChI=1S/C26H19F3O2S2/c1-4-24(30)32-20-11-9-18(10-12-20)17-5-7-19(8-6-17)22-14-13-21(33-25(31)16(2)3)15-23(22)26(27,28)29/h4-15H,1-2H2,3H3. The van der Waals surface area contributed by atoms with E-state index in [2.05, 4.69) is 13.2 Å². The van der Waals surface area contributed by atoms with E-state index in [1.54, 1.807) is 36.4 Å². The number of alkyl halides is 3. The summed E-state index contributed by atoms with van der Waals surface area (Å²) in [6.45, 7) is 8.49. The molecule has 0 aromatic heterocycles. The van der Waals surface area contributed by atoms with Gasteiger partial charge in [-0.2, -0.15) is 13.2 Å². The Morgan fingerprint density at radius 2 is 1.33 bits per heavy atom. The highest BCUT2D eigenvalue weighted by Gasteiger charge is 2.34. The zero-order chi connectivity index (χ0) is 24.2. The molecular formula is C26H19F3O2S2. The number of thioether (sulfide) groups is 2. The number of hydrogen-bond acceptors (Lipinski definition) is 4. The van der Waals surface area contributed by atoms with Crippen LogP contribution in [0.1, 0.15) is 12.5 Å². The van der Waals surface area contributed by atoms with Crippen molar-refractivity contribution in [3.05, 3.63) is 97.1 Å². The Morgan fingerprint density at radius 1 is 0.818 bits per heavy atom. The molecule has 0 N–H and O–H groups in total. The quantitative estimate of drug-likeness (QED) is 0.262. The van der Waals surface area contributed by atoms with Gasteiger partial charge in [-0.25, -0.2) is 0 Å². The number of carbonyl (C=O) groups is 2.